The van der Waals surface area contributed by atoms with Crippen LogP contribution in [0.25, 0.3) is 17.0 Å². The summed E-state index contributed by atoms with van der Waals surface area (Å²) >= 11 is 5.99. The van der Waals surface area contributed by atoms with Crippen molar-refractivity contribution in [2.45, 2.75) is 0 Å². The lowest BCUT2D eigenvalue weighted by Gasteiger charge is -2.02. The second-order valence-electron chi connectivity index (χ2n) is 3.53. The van der Waals surface area contributed by atoms with Crippen LogP contribution >= 0.6 is 11.6 Å². The molecule has 0 aliphatic heterocycles. The number of carbonyl (C=O) groups excluding carboxylic acids is 1. The molecular weight excluding hydrogens is 256 g/mol. The van der Waals surface area contributed by atoms with Gasteiger partial charge in [0.15, 0.2) is 0 Å². The number of furan rings is 1. The summed E-state index contributed by atoms with van der Waals surface area (Å²) < 4.78 is 15.0. The average Bonchev–Trinajstić information content (AvgIpc) is 2.76. The molecule has 94 valence electrons. The number of fused-ring (bicyclic) bond motifs is 1. The molecule has 0 atom stereocenters. The van der Waals surface area contributed by atoms with Crippen LogP contribution in [0.5, 0.6) is 5.75 Å². The predicted molar refractivity (Wildman–Crippen MR) is 68.8 cm³/mol. The van der Waals surface area contributed by atoms with Gasteiger partial charge < -0.3 is 13.9 Å². The number of halogens is 1. The molecule has 0 aliphatic carbocycles. The van der Waals surface area contributed by atoms with Gasteiger partial charge in [0, 0.05) is 23.1 Å². The van der Waals surface area contributed by atoms with Crippen LogP contribution in [0, 0.1) is 0 Å². The van der Waals surface area contributed by atoms with Gasteiger partial charge in [0.25, 0.3) is 0 Å². The maximum absolute atomic E-state index is 11.0. The lowest BCUT2D eigenvalue weighted by atomic mass is 10.1. The molecule has 0 spiro atoms. The lowest BCUT2D eigenvalue weighted by Crippen LogP contribution is -1.93. The van der Waals surface area contributed by atoms with E-state index < -0.39 is 5.97 Å². The van der Waals surface area contributed by atoms with Crippen molar-refractivity contribution in [3.63, 3.8) is 0 Å². The first-order chi connectivity index (χ1) is 8.65. The number of hydrogen-bond acceptors (Lipinski definition) is 4. The van der Waals surface area contributed by atoms with Crippen LogP contribution in [-0.2, 0) is 9.53 Å². The number of benzene rings is 1. The number of ether oxygens (including phenoxy) is 2. The summed E-state index contributed by atoms with van der Waals surface area (Å²) in [5, 5.41) is 1.29. The first kappa shape index (κ1) is 12.5. The number of hydrogen-bond donors (Lipinski definition) is 0. The topological polar surface area (TPSA) is 48.7 Å². The minimum absolute atomic E-state index is 0.426. The summed E-state index contributed by atoms with van der Waals surface area (Å²) in [6.45, 7) is 0. The third-order valence-electron chi connectivity index (χ3n) is 2.48. The maximum Gasteiger partial charge on any atom is 0.330 e. The highest BCUT2D eigenvalue weighted by Gasteiger charge is 2.09. The van der Waals surface area contributed by atoms with Gasteiger partial charge in [-0.3, -0.25) is 0 Å². The monoisotopic (exact) mass is 266 g/mol. The van der Waals surface area contributed by atoms with Crippen LogP contribution in [0.1, 0.15) is 5.56 Å². The van der Waals surface area contributed by atoms with Gasteiger partial charge in [0.1, 0.15) is 11.3 Å². The third-order valence-corrected chi connectivity index (χ3v) is 2.77. The van der Waals surface area contributed by atoms with E-state index in [1.54, 1.807) is 24.5 Å². The molecule has 0 fully saturated rings. The third kappa shape index (κ3) is 2.33. The van der Waals surface area contributed by atoms with Crippen molar-refractivity contribution in [1.29, 1.82) is 0 Å². The molecule has 18 heavy (non-hydrogen) atoms. The fraction of sp³-hybridized carbons (Fsp3) is 0.154. The molecule has 0 N–H and O–H groups in total. The molecule has 1 aromatic heterocycles. The zero-order valence-electron chi connectivity index (χ0n) is 9.90. The average molecular weight is 267 g/mol. The van der Waals surface area contributed by atoms with Crippen LogP contribution in [0.15, 0.2) is 28.9 Å². The first-order valence-electron chi connectivity index (χ1n) is 5.16. The van der Waals surface area contributed by atoms with Gasteiger partial charge >= 0.3 is 5.97 Å². The van der Waals surface area contributed by atoms with E-state index in [2.05, 4.69) is 4.74 Å². The minimum atomic E-state index is -0.426. The van der Waals surface area contributed by atoms with Gasteiger partial charge in [-0.05, 0) is 12.1 Å². The highest BCUT2D eigenvalue weighted by atomic mass is 35.5. The normalized spacial score (nSPS) is 11.1. The smallest absolute Gasteiger partial charge is 0.330 e. The Morgan fingerprint density at radius 3 is 2.83 bits per heavy atom. The highest BCUT2D eigenvalue weighted by molar-refractivity contribution is 6.32. The summed E-state index contributed by atoms with van der Waals surface area (Å²) in [6.07, 6.45) is 4.48. The Morgan fingerprint density at radius 1 is 1.39 bits per heavy atom. The quantitative estimate of drug-likeness (QED) is 0.632. The van der Waals surface area contributed by atoms with Crippen molar-refractivity contribution >= 4 is 34.6 Å². The minimum Gasteiger partial charge on any atom is -0.495 e. The number of esters is 1. The fourth-order valence-electron chi connectivity index (χ4n) is 1.56. The Morgan fingerprint density at radius 2 is 2.17 bits per heavy atom. The van der Waals surface area contributed by atoms with Crippen molar-refractivity contribution < 1.29 is 18.7 Å². The second-order valence-corrected chi connectivity index (χ2v) is 3.94. The van der Waals surface area contributed by atoms with Gasteiger partial charge in [-0.25, -0.2) is 4.79 Å². The molecule has 0 amide bonds. The van der Waals surface area contributed by atoms with E-state index >= 15 is 0 Å². The zero-order valence-corrected chi connectivity index (χ0v) is 10.7. The van der Waals surface area contributed by atoms with E-state index in [4.69, 9.17) is 20.8 Å². The van der Waals surface area contributed by atoms with Gasteiger partial charge in [-0.1, -0.05) is 11.6 Å². The summed E-state index contributed by atoms with van der Waals surface area (Å²) in [7, 11) is 2.86. The standard InChI is InChI=1S/C13H11ClO4/c1-16-12-5-9-8(3-4-13(15)17-2)7-18-11(9)6-10(12)14/h3-7H,1-2H3/b4-3+. The molecule has 1 heterocycles. The van der Waals surface area contributed by atoms with Crippen LogP contribution in [0.3, 0.4) is 0 Å². The van der Waals surface area contributed by atoms with Gasteiger partial charge in [-0.15, -0.1) is 0 Å². The Labute approximate surface area is 109 Å². The largest absolute Gasteiger partial charge is 0.495 e. The summed E-state index contributed by atoms with van der Waals surface area (Å²) in [4.78, 5) is 11.0. The lowest BCUT2D eigenvalue weighted by molar-refractivity contribution is -0.134. The molecule has 1 aromatic carbocycles. The molecule has 0 radical (unpaired) electrons. The molecule has 2 aromatic rings. The highest BCUT2D eigenvalue weighted by Crippen LogP contribution is 2.33. The molecule has 0 saturated carbocycles. The molecule has 5 heteroatoms. The van der Waals surface area contributed by atoms with Crippen LogP contribution in [-0.4, -0.2) is 20.2 Å². The Kier molecular flexibility index (Phi) is 3.58. The molecule has 0 bridgehead atoms. The zero-order chi connectivity index (χ0) is 13.1. The van der Waals surface area contributed by atoms with Crippen LogP contribution in [0.4, 0.5) is 0 Å². The maximum atomic E-state index is 11.0. The Bertz CT molecular complexity index is 613. The van der Waals surface area contributed by atoms with Crippen LogP contribution < -0.4 is 4.74 Å². The van der Waals surface area contributed by atoms with Crippen molar-refractivity contribution in [3.05, 3.63) is 35.1 Å². The van der Waals surface area contributed by atoms with E-state index in [9.17, 15) is 4.79 Å². The Hall–Kier alpha value is -1.94. The number of methoxy groups -OCH3 is 2. The van der Waals surface area contributed by atoms with Gasteiger partial charge in [0.2, 0.25) is 0 Å². The summed E-state index contributed by atoms with van der Waals surface area (Å²) in [5.41, 5.74) is 1.38. The van der Waals surface area contributed by atoms with Crippen molar-refractivity contribution in [1.82, 2.24) is 0 Å². The van der Waals surface area contributed by atoms with Crippen LogP contribution in [0.2, 0.25) is 5.02 Å². The fourth-order valence-corrected chi connectivity index (χ4v) is 1.79. The molecule has 4 nitrogen and oxygen atoms in total. The molecule has 2 rings (SSSR count). The second kappa shape index (κ2) is 5.14. The van der Waals surface area contributed by atoms with E-state index in [0.717, 1.165) is 10.9 Å². The molecule has 0 unspecified atom stereocenters. The molecule has 0 saturated heterocycles. The van der Waals surface area contributed by atoms with E-state index in [1.165, 1.54) is 20.3 Å². The number of rotatable bonds is 3. The van der Waals surface area contributed by atoms with Crippen molar-refractivity contribution in [2.24, 2.45) is 0 Å². The summed E-state index contributed by atoms with van der Waals surface area (Å²) in [6, 6.07) is 3.43. The molecule has 0 aliphatic rings. The summed E-state index contributed by atoms with van der Waals surface area (Å²) in [5.74, 6) is 0.128. The number of carbonyl (C=O) groups is 1. The van der Waals surface area contributed by atoms with E-state index in [0.29, 0.717) is 16.4 Å². The predicted octanol–water partition coefficient (Wildman–Crippen LogP) is 3.28. The van der Waals surface area contributed by atoms with Crippen molar-refractivity contribution in [2.75, 3.05) is 14.2 Å². The van der Waals surface area contributed by atoms with Gasteiger partial charge in [0.05, 0.1) is 25.5 Å². The molecular formula is C13H11ClO4. The SMILES string of the molecule is COC(=O)/C=C/c1coc2cc(Cl)c(OC)cc12. The van der Waals surface area contributed by atoms with Gasteiger partial charge in [-0.2, -0.15) is 0 Å². The van der Waals surface area contributed by atoms with Crippen molar-refractivity contribution in [3.8, 4) is 5.75 Å². The van der Waals surface area contributed by atoms with E-state index in [-0.39, 0.29) is 0 Å². The Balaban J connectivity index is 2.46. The van der Waals surface area contributed by atoms with E-state index in [1.807, 2.05) is 0 Å². The first-order valence-corrected chi connectivity index (χ1v) is 5.54.